The molecular formula is C21H20ClN3O2S. The molecule has 5 nitrogen and oxygen atoms in total. The minimum Gasteiger partial charge on any atom is -0.349 e. The van der Waals surface area contributed by atoms with Gasteiger partial charge in [-0.2, -0.15) is 0 Å². The van der Waals surface area contributed by atoms with E-state index in [0.29, 0.717) is 15.7 Å². The van der Waals surface area contributed by atoms with Crippen LogP contribution in [0.4, 0.5) is 5.13 Å². The summed E-state index contributed by atoms with van der Waals surface area (Å²) in [6.45, 7) is 3.44. The second-order valence-electron chi connectivity index (χ2n) is 6.43. The Morgan fingerprint density at radius 1 is 1.14 bits per heavy atom. The topological polar surface area (TPSA) is 71.1 Å². The summed E-state index contributed by atoms with van der Waals surface area (Å²) in [5.41, 5.74) is 3.68. The van der Waals surface area contributed by atoms with Gasteiger partial charge >= 0.3 is 0 Å². The second kappa shape index (κ2) is 8.99. The van der Waals surface area contributed by atoms with Crippen molar-refractivity contribution in [2.24, 2.45) is 0 Å². The first-order valence-electron chi connectivity index (χ1n) is 8.76. The molecule has 3 aromatic rings. The van der Waals surface area contributed by atoms with Gasteiger partial charge in [-0.3, -0.25) is 9.59 Å². The number of hydrogen-bond donors (Lipinski definition) is 2. The summed E-state index contributed by atoms with van der Waals surface area (Å²) in [5.74, 6) is -0.475. The third-order valence-corrected chi connectivity index (χ3v) is 5.25. The van der Waals surface area contributed by atoms with Gasteiger partial charge in [-0.15, -0.1) is 11.3 Å². The summed E-state index contributed by atoms with van der Waals surface area (Å²) >= 11 is 7.60. The number of aryl methyl sites for hydroxylation is 1. The van der Waals surface area contributed by atoms with E-state index in [4.69, 9.17) is 11.6 Å². The van der Waals surface area contributed by atoms with Gasteiger partial charge in [-0.1, -0.05) is 59.6 Å². The summed E-state index contributed by atoms with van der Waals surface area (Å²) in [5, 5.41) is 8.52. The molecule has 2 N–H and O–H groups in total. The Kier molecular flexibility index (Phi) is 6.44. The maximum Gasteiger partial charge on any atom is 0.228 e. The molecule has 1 unspecified atom stereocenters. The lowest BCUT2D eigenvalue weighted by atomic mass is 10.0. The number of halogens is 1. The predicted molar refractivity (Wildman–Crippen MR) is 114 cm³/mol. The fraction of sp³-hybridized carbons (Fsp3) is 0.190. The van der Waals surface area contributed by atoms with Gasteiger partial charge < -0.3 is 10.6 Å². The largest absolute Gasteiger partial charge is 0.349 e. The van der Waals surface area contributed by atoms with Crippen LogP contribution >= 0.6 is 22.9 Å². The van der Waals surface area contributed by atoms with E-state index in [2.05, 4.69) is 15.6 Å². The minimum atomic E-state index is -0.511. The van der Waals surface area contributed by atoms with Crippen LogP contribution in [0.2, 0.25) is 5.02 Å². The van der Waals surface area contributed by atoms with Crippen molar-refractivity contribution in [2.45, 2.75) is 26.3 Å². The Labute approximate surface area is 172 Å². The van der Waals surface area contributed by atoms with Gasteiger partial charge in [0, 0.05) is 22.9 Å². The van der Waals surface area contributed by atoms with Crippen LogP contribution in [-0.4, -0.2) is 16.8 Å². The van der Waals surface area contributed by atoms with Gasteiger partial charge in [0.25, 0.3) is 0 Å². The molecular weight excluding hydrogens is 394 g/mol. The highest BCUT2D eigenvalue weighted by Crippen LogP contribution is 2.27. The number of nitrogens with zero attached hydrogens (tertiary/aromatic N) is 1. The van der Waals surface area contributed by atoms with Crippen molar-refractivity contribution in [3.63, 3.8) is 0 Å². The smallest absolute Gasteiger partial charge is 0.228 e. The van der Waals surface area contributed by atoms with Crippen molar-refractivity contribution < 1.29 is 9.59 Å². The average Bonchev–Trinajstić information content (AvgIpc) is 3.10. The van der Waals surface area contributed by atoms with E-state index < -0.39 is 6.04 Å². The monoisotopic (exact) mass is 413 g/mol. The molecule has 0 saturated heterocycles. The van der Waals surface area contributed by atoms with E-state index >= 15 is 0 Å². The summed E-state index contributed by atoms with van der Waals surface area (Å²) < 4.78 is 0. The number of nitrogens with one attached hydrogen (secondary N) is 2. The second-order valence-corrected chi connectivity index (χ2v) is 7.70. The van der Waals surface area contributed by atoms with E-state index in [9.17, 15) is 9.59 Å². The number of anilines is 1. The quantitative estimate of drug-likeness (QED) is 0.598. The van der Waals surface area contributed by atoms with E-state index in [-0.39, 0.29) is 18.2 Å². The number of carbonyl (C=O) groups excluding carboxylic acids is 2. The lowest BCUT2D eigenvalue weighted by Gasteiger charge is -2.18. The zero-order chi connectivity index (χ0) is 20.1. The highest BCUT2D eigenvalue weighted by molar-refractivity contribution is 7.14. The zero-order valence-electron chi connectivity index (χ0n) is 15.5. The summed E-state index contributed by atoms with van der Waals surface area (Å²) in [4.78, 5) is 28.6. The lowest BCUT2D eigenvalue weighted by Crippen LogP contribution is -2.30. The standard InChI is InChI=1S/C21H20ClN3O2S/c1-13-7-9-15(10-8-13)19-12-28-21(24-19)25-20(27)11-18(23-14(2)26)16-5-3-4-6-17(16)22/h3-10,12,18H,11H2,1-2H3,(H,23,26)(H,24,25,27). The summed E-state index contributed by atoms with van der Waals surface area (Å²) in [6, 6.07) is 14.7. The molecule has 2 aromatic carbocycles. The maximum atomic E-state index is 12.5. The van der Waals surface area contributed by atoms with Crippen LogP contribution < -0.4 is 10.6 Å². The molecule has 144 valence electrons. The van der Waals surface area contributed by atoms with Crippen molar-refractivity contribution >= 4 is 39.9 Å². The molecule has 0 aliphatic rings. The fourth-order valence-corrected chi connectivity index (χ4v) is 3.79. The van der Waals surface area contributed by atoms with Gasteiger partial charge in [-0.05, 0) is 18.6 Å². The van der Waals surface area contributed by atoms with Crippen LogP contribution in [0.25, 0.3) is 11.3 Å². The van der Waals surface area contributed by atoms with Crippen LogP contribution in [0.5, 0.6) is 0 Å². The average molecular weight is 414 g/mol. The molecule has 0 aliphatic heterocycles. The first-order valence-corrected chi connectivity index (χ1v) is 10.0. The van der Waals surface area contributed by atoms with Crippen LogP contribution in [0.3, 0.4) is 0 Å². The zero-order valence-corrected chi connectivity index (χ0v) is 17.1. The van der Waals surface area contributed by atoms with Crippen LogP contribution in [-0.2, 0) is 9.59 Å². The van der Waals surface area contributed by atoms with Crippen molar-refractivity contribution in [3.05, 3.63) is 70.1 Å². The third kappa shape index (κ3) is 5.18. The molecule has 1 heterocycles. The van der Waals surface area contributed by atoms with E-state index in [1.807, 2.05) is 42.6 Å². The van der Waals surface area contributed by atoms with E-state index in [1.54, 1.807) is 18.2 Å². The molecule has 0 aliphatic carbocycles. The Hall–Kier alpha value is -2.70. The fourth-order valence-electron chi connectivity index (χ4n) is 2.79. The van der Waals surface area contributed by atoms with E-state index in [1.165, 1.54) is 23.8 Å². The molecule has 7 heteroatoms. The van der Waals surface area contributed by atoms with Gasteiger partial charge in [-0.25, -0.2) is 4.98 Å². The van der Waals surface area contributed by atoms with Crippen LogP contribution in [0.15, 0.2) is 53.9 Å². The Morgan fingerprint density at radius 3 is 2.54 bits per heavy atom. The molecule has 0 spiro atoms. The number of amides is 2. The molecule has 2 amide bonds. The highest BCUT2D eigenvalue weighted by Gasteiger charge is 2.20. The Balaban J connectivity index is 1.70. The number of thiazole rings is 1. The van der Waals surface area contributed by atoms with Crippen LogP contribution in [0.1, 0.15) is 30.5 Å². The molecule has 0 bridgehead atoms. The van der Waals surface area contributed by atoms with Gasteiger partial charge in [0.15, 0.2) is 5.13 Å². The Morgan fingerprint density at radius 2 is 1.86 bits per heavy atom. The summed E-state index contributed by atoms with van der Waals surface area (Å²) in [6.07, 6.45) is 0.0583. The number of benzene rings is 2. The SMILES string of the molecule is CC(=O)NC(CC(=O)Nc1nc(-c2ccc(C)cc2)cs1)c1ccccc1Cl. The van der Waals surface area contributed by atoms with Crippen molar-refractivity contribution in [3.8, 4) is 11.3 Å². The molecule has 0 saturated carbocycles. The third-order valence-electron chi connectivity index (χ3n) is 4.15. The molecule has 28 heavy (non-hydrogen) atoms. The molecule has 0 fully saturated rings. The normalized spacial score (nSPS) is 11.7. The maximum absolute atomic E-state index is 12.5. The minimum absolute atomic E-state index is 0.0583. The molecule has 0 radical (unpaired) electrons. The van der Waals surface area contributed by atoms with E-state index in [0.717, 1.165) is 11.3 Å². The Bertz CT molecular complexity index is 985. The first kappa shape index (κ1) is 20.0. The van der Waals surface area contributed by atoms with Gasteiger partial charge in [0.1, 0.15) is 0 Å². The number of carbonyl (C=O) groups is 2. The highest BCUT2D eigenvalue weighted by atomic mass is 35.5. The molecule has 1 atom stereocenters. The predicted octanol–water partition coefficient (Wildman–Crippen LogP) is 4.98. The van der Waals surface area contributed by atoms with Gasteiger partial charge in [0.05, 0.1) is 18.2 Å². The first-order chi connectivity index (χ1) is 13.4. The van der Waals surface area contributed by atoms with Crippen LogP contribution in [0, 0.1) is 6.92 Å². The molecule has 3 rings (SSSR count). The number of rotatable bonds is 6. The molecule has 1 aromatic heterocycles. The van der Waals surface area contributed by atoms with Crippen molar-refractivity contribution in [1.29, 1.82) is 0 Å². The number of aromatic nitrogens is 1. The lowest BCUT2D eigenvalue weighted by molar-refractivity contribution is -0.120. The summed E-state index contributed by atoms with van der Waals surface area (Å²) in [7, 11) is 0. The van der Waals surface area contributed by atoms with Crippen molar-refractivity contribution in [2.75, 3.05) is 5.32 Å². The van der Waals surface area contributed by atoms with Gasteiger partial charge in [0.2, 0.25) is 11.8 Å². The number of hydrogen-bond acceptors (Lipinski definition) is 4. The van der Waals surface area contributed by atoms with Crippen molar-refractivity contribution in [1.82, 2.24) is 10.3 Å².